The van der Waals surface area contributed by atoms with Gasteiger partial charge in [-0.2, -0.15) is 0 Å². The fourth-order valence-electron chi connectivity index (χ4n) is 5.54. The van der Waals surface area contributed by atoms with Crippen LogP contribution in [0.4, 0.5) is 5.69 Å². The quantitative estimate of drug-likeness (QED) is 0.151. The molecule has 222 valence electrons. The first-order valence-electron chi connectivity index (χ1n) is 14.6. The summed E-state index contributed by atoms with van der Waals surface area (Å²) in [7, 11) is 4.89. The van der Waals surface area contributed by atoms with E-state index in [0.29, 0.717) is 28.1 Å². The van der Waals surface area contributed by atoms with E-state index in [1.165, 1.54) is 23.8 Å². The molecule has 7 nitrogen and oxygen atoms in total. The minimum absolute atomic E-state index is 0.192. The molecule has 0 bridgehead atoms. The zero-order chi connectivity index (χ0) is 30.2. The van der Waals surface area contributed by atoms with E-state index in [0.717, 1.165) is 56.8 Å². The van der Waals surface area contributed by atoms with Crippen molar-refractivity contribution in [2.24, 2.45) is 0 Å². The summed E-state index contributed by atoms with van der Waals surface area (Å²) in [5.41, 5.74) is 5.92. The molecule has 7 heteroatoms. The van der Waals surface area contributed by atoms with Crippen LogP contribution in [0, 0.1) is 0 Å². The van der Waals surface area contributed by atoms with Gasteiger partial charge in [0.05, 0.1) is 26.9 Å². The number of fused-ring (bicyclic) bond motifs is 1. The Labute approximate surface area is 253 Å². The van der Waals surface area contributed by atoms with E-state index in [-0.39, 0.29) is 11.7 Å². The third-order valence-corrected chi connectivity index (χ3v) is 7.94. The average molecular weight is 579 g/mol. The van der Waals surface area contributed by atoms with Crippen LogP contribution < -0.4 is 19.5 Å². The summed E-state index contributed by atoms with van der Waals surface area (Å²) in [6.07, 6.45) is 4.21. The summed E-state index contributed by atoms with van der Waals surface area (Å²) in [5, 5.41) is 2.95. The van der Waals surface area contributed by atoms with Gasteiger partial charge in [0.2, 0.25) is 0 Å². The third kappa shape index (κ3) is 7.24. The number of methoxy groups -OCH3 is 3. The van der Waals surface area contributed by atoms with Crippen LogP contribution in [0.5, 0.6) is 17.2 Å². The summed E-state index contributed by atoms with van der Waals surface area (Å²) in [6, 6.07) is 26.0. The van der Waals surface area contributed by atoms with Crippen molar-refractivity contribution in [1.82, 2.24) is 4.90 Å². The number of hydrogen-bond donors (Lipinski definition) is 1. The van der Waals surface area contributed by atoms with Crippen molar-refractivity contribution in [1.29, 1.82) is 0 Å². The van der Waals surface area contributed by atoms with Gasteiger partial charge in [0.1, 0.15) is 5.75 Å². The SMILES string of the molecule is COc1cc2c(cc1OC)CN(CCCCc1ccc(NC(=O)c3cccc(C(=O)c4ccccc4OC)c3)cc1)CC2. The second-order valence-electron chi connectivity index (χ2n) is 10.7. The monoisotopic (exact) mass is 578 g/mol. The Kier molecular flexibility index (Phi) is 9.74. The van der Waals surface area contributed by atoms with Gasteiger partial charge in [0, 0.05) is 29.9 Å². The van der Waals surface area contributed by atoms with Crippen LogP contribution in [0.3, 0.4) is 0 Å². The number of anilines is 1. The standard InChI is InChI=1S/C36H38N2O5/c1-41-32-13-5-4-12-31(32)35(39)27-10-8-11-28(21-27)36(40)37-30-16-14-25(15-17-30)9-6-7-19-38-20-18-26-22-33(42-2)34(43-3)23-29(26)24-38/h4-5,8,10-17,21-23H,6-7,9,18-20,24H2,1-3H3,(H,37,40). The first-order valence-corrected chi connectivity index (χ1v) is 14.6. The summed E-state index contributed by atoms with van der Waals surface area (Å²) >= 11 is 0. The van der Waals surface area contributed by atoms with Crippen molar-refractivity contribution in [2.45, 2.75) is 32.2 Å². The number of nitrogens with zero attached hydrogens (tertiary/aromatic N) is 1. The van der Waals surface area contributed by atoms with E-state index in [4.69, 9.17) is 14.2 Å². The Morgan fingerprint density at radius 2 is 1.44 bits per heavy atom. The molecule has 0 atom stereocenters. The van der Waals surface area contributed by atoms with Crippen molar-refractivity contribution in [3.63, 3.8) is 0 Å². The molecular formula is C36H38N2O5. The predicted octanol–water partition coefficient (Wildman–Crippen LogP) is 6.58. The first kappa shape index (κ1) is 29.9. The molecule has 0 unspecified atom stereocenters. The van der Waals surface area contributed by atoms with Crippen LogP contribution >= 0.6 is 0 Å². The number of para-hydroxylation sites is 1. The van der Waals surface area contributed by atoms with Gasteiger partial charge in [-0.05, 0) is 97.4 Å². The van der Waals surface area contributed by atoms with Gasteiger partial charge in [0.15, 0.2) is 17.3 Å². The number of ketones is 1. The highest BCUT2D eigenvalue weighted by Gasteiger charge is 2.19. The molecule has 5 rings (SSSR count). The number of amides is 1. The van der Waals surface area contributed by atoms with E-state index in [1.54, 1.807) is 56.7 Å². The second kappa shape index (κ2) is 14.0. The van der Waals surface area contributed by atoms with Gasteiger partial charge in [0.25, 0.3) is 5.91 Å². The van der Waals surface area contributed by atoms with Crippen LogP contribution in [-0.2, 0) is 19.4 Å². The molecule has 4 aromatic carbocycles. The Bertz CT molecular complexity index is 1580. The van der Waals surface area contributed by atoms with Gasteiger partial charge in [-0.3, -0.25) is 14.5 Å². The zero-order valence-corrected chi connectivity index (χ0v) is 25.0. The average Bonchev–Trinajstić information content (AvgIpc) is 3.06. The molecule has 1 amide bonds. The number of hydrogen-bond acceptors (Lipinski definition) is 6. The number of rotatable bonds is 12. The highest BCUT2D eigenvalue weighted by Crippen LogP contribution is 2.33. The number of nitrogens with one attached hydrogen (secondary N) is 1. The van der Waals surface area contributed by atoms with E-state index < -0.39 is 0 Å². The lowest BCUT2D eigenvalue weighted by Gasteiger charge is -2.29. The van der Waals surface area contributed by atoms with Crippen LogP contribution in [0.2, 0.25) is 0 Å². The molecule has 0 radical (unpaired) electrons. The van der Waals surface area contributed by atoms with Crippen molar-refractivity contribution < 1.29 is 23.8 Å². The lowest BCUT2D eigenvalue weighted by Crippen LogP contribution is -2.31. The fraction of sp³-hybridized carbons (Fsp3) is 0.278. The Hall–Kier alpha value is -4.62. The summed E-state index contributed by atoms with van der Waals surface area (Å²) in [4.78, 5) is 28.5. The van der Waals surface area contributed by atoms with E-state index in [1.807, 2.05) is 18.2 Å². The lowest BCUT2D eigenvalue weighted by atomic mass is 9.98. The van der Waals surface area contributed by atoms with Crippen LogP contribution in [0.15, 0.2) is 84.9 Å². The summed E-state index contributed by atoms with van der Waals surface area (Å²) in [6.45, 7) is 3.04. The number of unbranched alkanes of at least 4 members (excludes halogenated alkanes) is 1. The first-order chi connectivity index (χ1) is 21.0. The number of aryl methyl sites for hydroxylation is 1. The maximum absolute atomic E-state index is 13.1. The Balaban J connectivity index is 1.10. The maximum atomic E-state index is 13.1. The zero-order valence-electron chi connectivity index (χ0n) is 25.0. The molecule has 4 aromatic rings. The topological polar surface area (TPSA) is 77.1 Å². The maximum Gasteiger partial charge on any atom is 0.255 e. The summed E-state index contributed by atoms with van der Waals surface area (Å²) in [5.74, 6) is 1.63. The molecule has 1 aliphatic heterocycles. The van der Waals surface area contributed by atoms with Crippen molar-refractivity contribution in [2.75, 3.05) is 39.7 Å². The largest absolute Gasteiger partial charge is 0.496 e. The molecule has 1 N–H and O–H groups in total. The smallest absolute Gasteiger partial charge is 0.255 e. The van der Waals surface area contributed by atoms with Crippen molar-refractivity contribution in [3.8, 4) is 17.2 Å². The molecule has 0 fully saturated rings. The number of ether oxygens (including phenoxy) is 3. The molecule has 0 saturated carbocycles. The lowest BCUT2D eigenvalue weighted by molar-refractivity contribution is 0.102. The second-order valence-corrected chi connectivity index (χ2v) is 10.7. The van der Waals surface area contributed by atoms with Crippen LogP contribution in [-0.4, -0.2) is 51.0 Å². The van der Waals surface area contributed by atoms with Gasteiger partial charge >= 0.3 is 0 Å². The van der Waals surface area contributed by atoms with Gasteiger partial charge < -0.3 is 19.5 Å². The predicted molar refractivity (Wildman–Crippen MR) is 169 cm³/mol. The Morgan fingerprint density at radius 3 is 2.19 bits per heavy atom. The number of benzene rings is 4. The minimum Gasteiger partial charge on any atom is -0.496 e. The highest BCUT2D eigenvalue weighted by molar-refractivity contribution is 6.12. The molecular weight excluding hydrogens is 540 g/mol. The third-order valence-electron chi connectivity index (χ3n) is 7.94. The molecule has 43 heavy (non-hydrogen) atoms. The van der Waals surface area contributed by atoms with Crippen molar-refractivity contribution >= 4 is 17.4 Å². The van der Waals surface area contributed by atoms with Crippen LogP contribution in [0.1, 0.15) is 55.8 Å². The highest BCUT2D eigenvalue weighted by atomic mass is 16.5. The fourth-order valence-corrected chi connectivity index (χ4v) is 5.54. The van der Waals surface area contributed by atoms with E-state index in [9.17, 15) is 9.59 Å². The number of carbonyl (C=O) groups excluding carboxylic acids is 2. The van der Waals surface area contributed by atoms with E-state index >= 15 is 0 Å². The van der Waals surface area contributed by atoms with E-state index in [2.05, 4.69) is 34.5 Å². The van der Waals surface area contributed by atoms with Gasteiger partial charge in [-0.1, -0.05) is 36.4 Å². The molecule has 0 aliphatic carbocycles. The van der Waals surface area contributed by atoms with Crippen LogP contribution in [0.25, 0.3) is 0 Å². The van der Waals surface area contributed by atoms with Gasteiger partial charge in [-0.25, -0.2) is 0 Å². The summed E-state index contributed by atoms with van der Waals surface area (Å²) < 4.78 is 16.3. The molecule has 0 saturated heterocycles. The Morgan fingerprint density at radius 1 is 0.744 bits per heavy atom. The number of carbonyl (C=O) groups is 2. The minimum atomic E-state index is -0.262. The molecule has 1 heterocycles. The van der Waals surface area contributed by atoms with Gasteiger partial charge in [-0.15, -0.1) is 0 Å². The normalized spacial score (nSPS) is 12.7. The van der Waals surface area contributed by atoms with Crippen molar-refractivity contribution in [3.05, 3.63) is 118 Å². The molecule has 1 aliphatic rings. The molecule has 0 aromatic heterocycles. The molecule has 0 spiro atoms.